The Morgan fingerprint density at radius 2 is 1.96 bits per heavy atom. The van der Waals surface area contributed by atoms with Crippen LogP contribution in [0.25, 0.3) is 0 Å². The Hall–Kier alpha value is -1.68. The first-order valence-electron chi connectivity index (χ1n) is 8.55. The largest absolute Gasteiger partial charge is 0.486 e. The van der Waals surface area contributed by atoms with Gasteiger partial charge in [0.2, 0.25) is 16.4 Å². The van der Waals surface area contributed by atoms with Crippen LogP contribution in [-0.2, 0) is 30.0 Å². The van der Waals surface area contributed by atoms with Crippen molar-refractivity contribution in [2.24, 2.45) is 0 Å². The van der Waals surface area contributed by atoms with Crippen molar-refractivity contribution in [2.75, 3.05) is 46.5 Å². The lowest BCUT2D eigenvalue weighted by Crippen LogP contribution is -2.41. The number of sulfonamides is 1. The molecule has 2 aliphatic rings. The summed E-state index contributed by atoms with van der Waals surface area (Å²) in [7, 11) is -1.81. The normalized spacial score (nSPS) is 24.6. The Morgan fingerprint density at radius 3 is 2.65 bits per heavy atom. The first-order valence-corrected chi connectivity index (χ1v) is 10.2. The molecule has 2 saturated heterocycles. The van der Waals surface area contributed by atoms with Gasteiger partial charge in [0.15, 0.2) is 0 Å². The quantitative estimate of drug-likeness (QED) is 0.619. The summed E-state index contributed by atoms with van der Waals surface area (Å²) in [6.07, 6.45) is 0.290. The molecular formula is C17H24N2O6S. The van der Waals surface area contributed by atoms with Crippen molar-refractivity contribution >= 4 is 16.4 Å². The lowest BCUT2D eigenvalue weighted by atomic mass is 10.2. The number of carbonyl (C=O) groups excluding carboxylic acids is 1. The molecule has 3 rings (SSSR count). The van der Waals surface area contributed by atoms with E-state index in [9.17, 15) is 13.2 Å². The van der Waals surface area contributed by atoms with Crippen LogP contribution in [0.2, 0.25) is 0 Å². The highest BCUT2D eigenvalue weighted by atomic mass is 32.2. The van der Waals surface area contributed by atoms with Crippen LogP contribution in [0.1, 0.15) is 5.56 Å². The van der Waals surface area contributed by atoms with Crippen LogP contribution in [0.4, 0.5) is 0 Å². The Morgan fingerprint density at radius 1 is 1.23 bits per heavy atom. The predicted octanol–water partition coefficient (Wildman–Crippen LogP) is 0.0830. The zero-order valence-corrected chi connectivity index (χ0v) is 15.6. The van der Waals surface area contributed by atoms with E-state index in [1.807, 2.05) is 0 Å². The molecule has 0 saturated carbocycles. The van der Waals surface area contributed by atoms with Gasteiger partial charge in [0, 0.05) is 20.2 Å². The van der Waals surface area contributed by atoms with E-state index in [-0.39, 0.29) is 18.0 Å². The smallest absolute Gasteiger partial charge is 0.218 e. The minimum absolute atomic E-state index is 0.0803. The molecule has 2 heterocycles. The molecule has 0 N–H and O–H groups in total. The van der Waals surface area contributed by atoms with Crippen LogP contribution in [0.3, 0.4) is 0 Å². The Labute approximate surface area is 153 Å². The van der Waals surface area contributed by atoms with E-state index >= 15 is 0 Å². The number of methoxy groups -OCH3 is 1. The molecule has 1 amide bonds. The van der Waals surface area contributed by atoms with Crippen molar-refractivity contribution in [2.45, 2.75) is 18.0 Å². The number of morpholine rings is 1. The Bertz CT molecular complexity index is 720. The third-order valence-electron chi connectivity index (χ3n) is 4.59. The minimum atomic E-state index is -3.39. The van der Waals surface area contributed by atoms with Crippen LogP contribution in [0.15, 0.2) is 24.3 Å². The van der Waals surface area contributed by atoms with Gasteiger partial charge >= 0.3 is 0 Å². The second-order valence-electron chi connectivity index (χ2n) is 6.40. The van der Waals surface area contributed by atoms with Crippen LogP contribution < -0.4 is 4.74 Å². The van der Waals surface area contributed by atoms with Crippen LogP contribution >= 0.6 is 0 Å². The SMILES string of the molecule is COC1CN(C=O)CC1Oc1cccc(CS(=O)(=O)N2CCOCC2)c1. The van der Waals surface area contributed by atoms with E-state index < -0.39 is 10.0 Å². The number of rotatable bonds is 7. The maximum Gasteiger partial charge on any atom is 0.218 e. The summed E-state index contributed by atoms with van der Waals surface area (Å²) in [6.45, 7) is 2.55. The van der Waals surface area contributed by atoms with Gasteiger partial charge in [-0.2, -0.15) is 4.31 Å². The molecule has 9 heteroatoms. The monoisotopic (exact) mass is 384 g/mol. The molecule has 0 spiro atoms. The molecule has 26 heavy (non-hydrogen) atoms. The number of benzene rings is 1. The average molecular weight is 384 g/mol. The van der Waals surface area contributed by atoms with Crippen molar-refractivity contribution in [1.29, 1.82) is 0 Å². The minimum Gasteiger partial charge on any atom is -0.486 e. The van der Waals surface area contributed by atoms with Crippen molar-refractivity contribution in [3.63, 3.8) is 0 Å². The second-order valence-corrected chi connectivity index (χ2v) is 8.37. The summed E-state index contributed by atoms with van der Waals surface area (Å²) in [4.78, 5) is 12.6. The fourth-order valence-corrected chi connectivity index (χ4v) is 4.70. The predicted molar refractivity (Wildman–Crippen MR) is 94.3 cm³/mol. The van der Waals surface area contributed by atoms with Gasteiger partial charge in [-0.25, -0.2) is 8.42 Å². The molecular weight excluding hydrogens is 360 g/mol. The van der Waals surface area contributed by atoms with Crippen LogP contribution in [-0.4, -0.2) is 82.7 Å². The Balaban J connectivity index is 1.67. The molecule has 1 aromatic rings. The third-order valence-corrected chi connectivity index (χ3v) is 6.44. The lowest BCUT2D eigenvalue weighted by Gasteiger charge is -2.26. The van der Waals surface area contributed by atoms with Crippen LogP contribution in [0, 0.1) is 0 Å². The van der Waals surface area contributed by atoms with E-state index in [1.54, 1.807) is 36.3 Å². The summed E-state index contributed by atoms with van der Waals surface area (Å²) >= 11 is 0. The van der Waals surface area contributed by atoms with E-state index in [4.69, 9.17) is 14.2 Å². The van der Waals surface area contributed by atoms with Gasteiger partial charge in [0.1, 0.15) is 18.0 Å². The van der Waals surface area contributed by atoms with Gasteiger partial charge in [-0.1, -0.05) is 12.1 Å². The highest BCUT2D eigenvalue weighted by Crippen LogP contribution is 2.22. The highest BCUT2D eigenvalue weighted by Gasteiger charge is 2.34. The first kappa shape index (κ1) is 19.1. The summed E-state index contributed by atoms with van der Waals surface area (Å²) in [5, 5.41) is 0. The number of hydrogen-bond acceptors (Lipinski definition) is 6. The van der Waals surface area contributed by atoms with Crippen molar-refractivity contribution in [1.82, 2.24) is 9.21 Å². The summed E-state index contributed by atoms with van der Waals surface area (Å²) in [6, 6.07) is 7.05. The van der Waals surface area contributed by atoms with E-state index in [2.05, 4.69) is 0 Å². The summed E-state index contributed by atoms with van der Waals surface area (Å²) < 4.78 is 43.1. The van der Waals surface area contributed by atoms with Gasteiger partial charge in [-0.05, 0) is 17.7 Å². The molecule has 2 fully saturated rings. The first-order chi connectivity index (χ1) is 12.5. The van der Waals surface area contributed by atoms with Crippen molar-refractivity contribution < 1.29 is 27.4 Å². The number of carbonyl (C=O) groups is 1. The number of nitrogens with zero attached hydrogens (tertiary/aromatic N) is 2. The van der Waals surface area contributed by atoms with E-state index in [0.29, 0.717) is 50.7 Å². The summed E-state index contributed by atoms with van der Waals surface area (Å²) in [5.41, 5.74) is 0.660. The average Bonchev–Trinajstić information content (AvgIpc) is 3.04. The number of hydrogen-bond donors (Lipinski definition) is 0. The second kappa shape index (κ2) is 8.34. The summed E-state index contributed by atoms with van der Waals surface area (Å²) in [5.74, 6) is 0.489. The van der Waals surface area contributed by atoms with Gasteiger partial charge in [0.05, 0.1) is 32.1 Å². The van der Waals surface area contributed by atoms with Gasteiger partial charge in [0.25, 0.3) is 0 Å². The lowest BCUT2D eigenvalue weighted by molar-refractivity contribution is -0.117. The molecule has 2 atom stereocenters. The third kappa shape index (κ3) is 4.53. The number of likely N-dealkylation sites (tertiary alicyclic amines) is 1. The molecule has 144 valence electrons. The molecule has 0 radical (unpaired) electrons. The molecule has 0 aromatic heterocycles. The molecule has 2 aliphatic heterocycles. The fraction of sp³-hybridized carbons (Fsp3) is 0.588. The molecule has 2 unspecified atom stereocenters. The zero-order valence-electron chi connectivity index (χ0n) is 14.7. The fourth-order valence-electron chi connectivity index (χ4n) is 3.21. The highest BCUT2D eigenvalue weighted by molar-refractivity contribution is 7.88. The maximum absolute atomic E-state index is 12.6. The maximum atomic E-state index is 12.6. The topological polar surface area (TPSA) is 85.4 Å². The van der Waals surface area contributed by atoms with Gasteiger partial charge < -0.3 is 19.1 Å². The van der Waals surface area contributed by atoms with Crippen molar-refractivity contribution in [3.05, 3.63) is 29.8 Å². The molecule has 8 nitrogen and oxygen atoms in total. The molecule has 0 aliphatic carbocycles. The van der Waals surface area contributed by atoms with Crippen LogP contribution in [0.5, 0.6) is 5.75 Å². The van der Waals surface area contributed by atoms with E-state index in [0.717, 1.165) is 6.41 Å². The molecule has 1 aromatic carbocycles. The van der Waals surface area contributed by atoms with Gasteiger partial charge in [-0.15, -0.1) is 0 Å². The Kier molecular flexibility index (Phi) is 6.13. The number of ether oxygens (including phenoxy) is 3. The van der Waals surface area contributed by atoms with Gasteiger partial charge in [-0.3, -0.25) is 4.79 Å². The van der Waals surface area contributed by atoms with E-state index in [1.165, 1.54) is 4.31 Å². The standard InChI is InChI=1S/C17H24N2O6S/c1-23-16-10-18(13-20)11-17(16)25-15-4-2-3-14(9-15)12-26(21,22)19-5-7-24-8-6-19/h2-4,9,13,16-17H,5-8,10-12H2,1H3. The number of amides is 1. The zero-order chi connectivity index (χ0) is 18.6. The molecule has 0 bridgehead atoms. The van der Waals surface area contributed by atoms with Crippen molar-refractivity contribution in [3.8, 4) is 5.75 Å².